The Morgan fingerprint density at radius 1 is 1.00 bits per heavy atom. The molecule has 0 aliphatic rings. The van der Waals surface area contributed by atoms with E-state index in [1.54, 1.807) is 7.11 Å². The van der Waals surface area contributed by atoms with Gasteiger partial charge in [-0.1, -0.05) is 5.16 Å². The zero-order valence-corrected chi connectivity index (χ0v) is 11.4. The van der Waals surface area contributed by atoms with Crippen molar-refractivity contribution < 1.29 is 13.7 Å². The second kappa shape index (κ2) is 4.80. The molecule has 2 heterocycles. The van der Waals surface area contributed by atoms with Crippen molar-refractivity contribution in [3.8, 4) is 28.7 Å². The van der Waals surface area contributed by atoms with E-state index in [2.05, 4.69) is 15.4 Å². The van der Waals surface area contributed by atoms with E-state index in [1.807, 2.05) is 38.1 Å². The van der Waals surface area contributed by atoms with Crippen LogP contribution in [0.1, 0.15) is 11.5 Å². The number of nitrogens with zero attached hydrogens (tertiary/aromatic N) is 3. The SMILES string of the molecule is COc1ccc(-c2nnc(-c3c(C)noc3C)o2)cc1. The van der Waals surface area contributed by atoms with Crippen molar-refractivity contribution in [1.29, 1.82) is 0 Å². The molecule has 3 aromatic rings. The summed E-state index contributed by atoms with van der Waals surface area (Å²) in [6.07, 6.45) is 0. The predicted molar refractivity (Wildman–Crippen MR) is 71.3 cm³/mol. The van der Waals surface area contributed by atoms with Gasteiger partial charge < -0.3 is 13.7 Å². The van der Waals surface area contributed by atoms with Crippen molar-refractivity contribution in [2.24, 2.45) is 0 Å². The van der Waals surface area contributed by atoms with Gasteiger partial charge in [-0.25, -0.2) is 0 Å². The van der Waals surface area contributed by atoms with Gasteiger partial charge in [0.25, 0.3) is 5.89 Å². The highest BCUT2D eigenvalue weighted by atomic mass is 16.5. The maximum absolute atomic E-state index is 5.69. The fraction of sp³-hybridized carbons (Fsp3) is 0.214. The van der Waals surface area contributed by atoms with Crippen molar-refractivity contribution in [3.63, 3.8) is 0 Å². The van der Waals surface area contributed by atoms with Crippen LogP contribution in [0.5, 0.6) is 5.75 Å². The van der Waals surface area contributed by atoms with E-state index in [4.69, 9.17) is 13.7 Å². The molecule has 0 fully saturated rings. The van der Waals surface area contributed by atoms with E-state index in [0.29, 0.717) is 17.5 Å². The van der Waals surface area contributed by atoms with Crippen LogP contribution in [0.25, 0.3) is 22.9 Å². The van der Waals surface area contributed by atoms with E-state index in [0.717, 1.165) is 22.6 Å². The standard InChI is InChI=1S/C14H13N3O3/c1-8-12(9(2)20-17-8)14-16-15-13(19-14)10-4-6-11(18-3)7-5-10/h4-7H,1-3H3. The van der Waals surface area contributed by atoms with Gasteiger partial charge in [0.15, 0.2) is 0 Å². The smallest absolute Gasteiger partial charge is 0.253 e. The molecule has 0 radical (unpaired) electrons. The zero-order chi connectivity index (χ0) is 14.1. The van der Waals surface area contributed by atoms with Gasteiger partial charge in [0.1, 0.15) is 17.1 Å². The molecule has 6 heteroatoms. The molecule has 0 amide bonds. The summed E-state index contributed by atoms with van der Waals surface area (Å²) in [6, 6.07) is 7.41. The first-order chi connectivity index (χ1) is 9.69. The summed E-state index contributed by atoms with van der Waals surface area (Å²) in [7, 11) is 1.62. The van der Waals surface area contributed by atoms with E-state index < -0.39 is 0 Å². The third kappa shape index (κ3) is 2.05. The molecule has 102 valence electrons. The number of benzene rings is 1. The predicted octanol–water partition coefficient (Wildman–Crippen LogP) is 3.02. The van der Waals surface area contributed by atoms with Gasteiger partial charge in [0.2, 0.25) is 5.89 Å². The van der Waals surface area contributed by atoms with Crippen LogP contribution in [-0.2, 0) is 0 Å². The molecule has 0 saturated heterocycles. The van der Waals surface area contributed by atoms with Crippen LogP contribution in [0.2, 0.25) is 0 Å². The number of ether oxygens (including phenoxy) is 1. The van der Waals surface area contributed by atoms with Gasteiger partial charge in [-0.05, 0) is 38.1 Å². The lowest BCUT2D eigenvalue weighted by molar-refractivity contribution is 0.393. The highest BCUT2D eigenvalue weighted by Gasteiger charge is 2.18. The molecular formula is C14H13N3O3. The van der Waals surface area contributed by atoms with Crippen LogP contribution < -0.4 is 4.74 Å². The van der Waals surface area contributed by atoms with Crippen molar-refractivity contribution in [2.75, 3.05) is 7.11 Å². The molecule has 0 aliphatic carbocycles. The normalized spacial score (nSPS) is 10.8. The Morgan fingerprint density at radius 3 is 2.30 bits per heavy atom. The molecule has 0 atom stereocenters. The van der Waals surface area contributed by atoms with Gasteiger partial charge in [0, 0.05) is 5.56 Å². The summed E-state index contributed by atoms with van der Waals surface area (Å²) in [6.45, 7) is 3.65. The van der Waals surface area contributed by atoms with Crippen LogP contribution in [0, 0.1) is 13.8 Å². The molecule has 20 heavy (non-hydrogen) atoms. The summed E-state index contributed by atoms with van der Waals surface area (Å²) in [5.41, 5.74) is 2.31. The average Bonchev–Trinajstić information content (AvgIpc) is 3.06. The van der Waals surface area contributed by atoms with Crippen molar-refractivity contribution in [3.05, 3.63) is 35.7 Å². The summed E-state index contributed by atoms with van der Waals surface area (Å²) < 4.78 is 15.9. The van der Waals surface area contributed by atoms with Gasteiger partial charge in [0.05, 0.1) is 12.8 Å². The summed E-state index contributed by atoms with van der Waals surface area (Å²) in [5.74, 6) is 2.29. The minimum atomic E-state index is 0.409. The van der Waals surface area contributed by atoms with Crippen LogP contribution in [0.15, 0.2) is 33.2 Å². The first kappa shape index (κ1) is 12.4. The quantitative estimate of drug-likeness (QED) is 0.729. The number of hydrogen-bond donors (Lipinski definition) is 0. The van der Waals surface area contributed by atoms with Crippen molar-refractivity contribution in [1.82, 2.24) is 15.4 Å². The molecule has 0 bridgehead atoms. The van der Waals surface area contributed by atoms with Crippen LogP contribution in [0.3, 0.4) is 0 Å². The van der Waals surface area contributed by atoms with Gasteiger partial charge >= 0.3 is 0 Å². The number of rotatable bonds is 3. The molecule has 3 rings (SSSR count). The van der Waals surface area contributed by atoms with Crippen LogP contribution in [0.4, 0.5) is 0 Å². The second-order valence-electron chi connectivity index (χ2n) is 4.34. The Balaban J connectivity index is 1.97. The number of aromatic nitrogens is 3. The van der Waals surface area contributed by atoms with E-state index in [9.17, 15) is 0 Å². The molecule has 0 N–H and O–H groups in total. The third-order valence-corrected chi connectivity index (χ3v) is 3.01. The summed E-state index contributed by atoms with van der Waals surface area (Å²) >= 11 is 0. The first-order valence-electron chi connectivity index (χ1n) is 6.10. The van der Waals surface area contributed by atoms with Crippen molar-refractivity contribution >= 4 is 0 Å². The topological polar surface area (TPSA) is 74.2 Å². The van der Waals surface area contributed by atoms with Gasteiger partial charge in [-0.2, -0.15) is 0 Å². The highest BCUT2D eigenvalue weighted by Crippen LogP contribution is 2.29. The van der Waals surface area contributed by atoms with E-state index >= 15 is 0 Å². The monoisotopic (exact) mass is 271 g/mol. The zero-order valence-electron chi connectivity index (χ0n) is 11.4. The molecule has 6 nitrogen and oxygen atoms in total. The maximum atomic E-state index is 5.69. The van der Waals surface area contributed by atoms with E-state index in [-0.39, 0.29) is 0 Å². The van der Waals surface area contributed by atoms with Gasteiger partial charge in [-0.3, -0.25) is 0 Å². The minimum absolute atomic E-state index is 0.409. The number of hydrogen-bond acceptors (Lipinski definition) is 6. The van der Waals surface area contributed by atoms with Crippen molar-refractivity contribution in [2.45, 2.75) is 13.8 Å². The largest absolute Gasteiger partial charge is 0.497 e. The molecule has 0 unspecified atom stereocenters. The van der Waals surface area contributed by atoms with Crippen LogP contribution >= 0.6 is 0 Å². The highest BCUT2D eigenvalue weighted by molar-refractivity contribution is 5.61. The number of aryl methyl sites for hydroxylation is 2. The minimum Gasteiger partial charge on any atom is -0.497 e. The fourth-order valence-corrected chi connectivity index (χ4v) is 1.96. The molecule has 0 spiro atoms. The lowest BCUT2D eigenvalue weighted by atomic mass is 10.2. The van der Waals surface area contributed by atoms with Crippen LogP contribution in [-0.4, -0.2) is 22.5 Å². The Morgan fingerprint density at radius 2 is 1.70 bits per heavy atom. The lowest BCUT2D eigenvalue weighted by Gasteiger charge is -1.99. The van der Waals surface area contributed by atoms with Gasteiger partial charge in [-0.15, -0.1) is 10.2 Å². The fourth-order valence-electron chi connectivity index (χ4n) is 1.96. The first-order valence-corrected chi connectivity index (χ1v) is 6.10. The molecule has 1 aromatic carbocycles. The Kier molecular flexibility index (Phi) is 2.98. The Bertz CT molecular complexity index is 709. The lowest BCUT2D eigenvalue weighted by Crippen LogP contribution is -1.82. The third-order valence-electron chi connectivity index (χ3n) is 3.01. The Hall–Kier alpha value is -2.63. The molecule has 2 aromatic heterocycles. The molecule has 0 saturated carbocycles. The maximum Gasteiger partial charge on any atom is 0.253 e. The Labute approximate surface area is 115 Å². The van der Waals surface area contributed by atoms with E-state index in [1.165, 1.54) is 0 Å². The second-order valence-corrected chi connectivity index (χ2v) is 4.34. The average molecular weight is 271 g/mol. The number of methoxy groups -OCH3 is 1. The molecule has 0 aliphatic heterocycles. The summed E-state index contributed by atoms with van der Waals surface area (Å²) in [5, 5.41) is 12.0. The molecular weight excluding hydrogens is 258 g/mol. The summed E-state index contributed by atoms with van der Waals surface area (Å²) in [4.78, 5) is 0.